The van der Waals surface area contributed by atoms with Crippen LogP contribution in [0.15, 0.2) is 24.3 Å². The Morgan fingerprint density at radius 1 is 1.44 bits per heavy atom. The molecule has 0 fully saturated rings. The van der Waals surface area contributed by atoms with Crippen LogP contribution < -0.4 is 11.1 Å². The normalized spacial score (nSPS) is 11.5. The topological polar surface area (TPSA) is 55.1 Å². The van der Waals surface area contributed by atoms with Crippen molar-refractivity contribution in [2.75, 3.05) is 13.1 Å². The highest BCUT2D eigenvalue weighted by molar-refractivity contribution is 5.85. The predicted molar refractivity (Wildman–Crippen MR) is 73.2 cm³/mol. The molecule has 0 radical (unpaired) electrons. The van der Waals surface area contributed by atoms with Crippen molar-refractivity contribution in [3.05, 3.63) is 35.6 Å². The van der Waals surface area contributed by atoms with E-state index in [4.69, 9.17) is 5.73 Å². The van der Waals surface area contributed by atoms with E-state index in [0.29, 0.717) is 25.1 Å². The fraction of sp³-hybridized carbons (Fsp3) is 0.462. The number of rotatable bonds is 6. The Hall–Kier alpha value is -1.13. The molecule has 1 amide bonds. The lowest BCUT2D eigenvalue weighted by Crippen LogP contribution is -2.32. The van der Waals surface area contributed by atoms with Gasteiger partial charge in [-0.25, -0.2) is 4.39 Å². The number of nitrogens with two attached hydrogens (primary N) is 1. The van der Waals surface area contributed by atoms with Crippen LogP contribution in [-0.2, 0) is 11.2 Å². The number of amides is 1. The molecular weight excluding hydrogens is 255 g/mol. The van der Waals surface area contributed by atoms with Crippen molar-refractivity contribution in [3.8, 4) is 0 Å². The average molecular weight is 275 g/mol. The number of nitrogens with one attached hydrogen (secondary N) is 1. The summed E-state index contributed by atoms with van der Waals surface area (Å²) in [6.45, 7) is 2.93. The van der Waals surface area contributed by atoms with E-state index >= 15 is 0 Å². The minimum atomic E-state index is -0.255. The first-order valence-corrected chi connectivity index (χ1v) is 5.86. The maximum Gasteiger partial charge on any atom is 0.223 e. The van der Waals surface area contributed by atoms with E-state index in [1.165, 1.54) is 6.07 Å². The van der Waals surface area contributed by atoms with Crippen LogP contribution in [0.3, 0.4) is 0 Å². The van der Waals surface area contributed by atoms with Gasteiger partial charge >= 0.3 is 0 Å². The van der Waals surface area contributed by atoms with Gasteiger partial charge in [-0.15, -0.1) is 12.4 Å². The zero-order chi connectivity index (χ0) is 12.7. The van der Waals surface area contributed by atoms with E-state index in [0.717, 1.165) is 6.42 Å². The number of benzene rings is 1. The quantitative estimate of drug-likeness (QED) is 0.779. The van der Waals surface area contributed by atoms with E-state index in [9.17, 15) is 9.18 Å². The van der Waals surface area contributed by atoms with E-state index in [-0.39, 0.29) is 30.0 Å². The molecule has 3 nitrogen and oxygen atoms in total. The van der Waals surface area contributed by atoms with Gasteiger partial charge in [0, 0.05) is 12.5 Å². The molecule has 0 spiro atoms. The molecule has 1 aromatic carbocycles. The summed E-state index contributed by atoms with van der Waals surface area (Å²) in [5, 5.41) is 2.78. The van der Waals surface area contributed by atoms with Gasteiger partial charge in [0.05, 0.1) is 0 Å². The maximum absolute atomic E-state index is 13.4. The van der Waals surface area contributed by atoms with Gasteiger partial charge in [0.15, 0.2) is 0 Å². The molecule has 102 valence electrons. The maximum atomic E-state index is 13.4. The molecule has 0 saturated carbocycles. The van der Waals surface area contributed by atoms with Crippen molar-refractivity contribution in [1.29, 1.82) is 0 Å². The van der Waals surface area contributed by atoms with E-state index in [2.05, 4.69) is 5.32 Å². The van der Waals surface area contributed by atoms with Crippen molar-refractivity contribution < 1.29 is 9.18 Å². The predicted octanol–water partition coefficient (Wildman–Crippen LogP) is 1.89. The van der Waals surface area contributed by atoms with Crippen LogP contribution in [0.5, 0.6) is 0 Å². The molecule has 1 aromatic rings. The van der Waals surface area contributed by atoms with E-state index < -0.39 is 0 Å². The van der Waals surface area contributed by atoms with Crippen LogP contribution in [0.2, 0.25) is 0 Å². The number of hydrogen-bond acceptors (Lipinski definition) is 2. The standard InChI is InChI=1S/C13H19FN2O.ClH/c1-10(13(17)16-8-4-7-15)9-11-5-2-3-6-12(11)14;/h2-3,5-6,10H,4,7-9,15H2,1H3,(H,16,17);1H. The molecule has 1 unspecified atom stereocenters. The second-order valence-corrected chi connectivity index (χ2v) is 4.13. The van der Waals surface area contributed by atoms with Gasteiger partial charge in [-0.05, 0) is 31.0 Å². The average Bonchev–Trinajstić information content (AvgIpc) is 2.32. The van der Waals surface area contributed by atoms with Gasteiger partial charge in [0.2, 0.25) is 5.91 Å². The lowest BCUT2D eigenvalue weighted by Gasteiger charge is -2.12. The highest BCUT2D eigenvalue weighted by Gasteiger charge is 2.14. The highest BCUT2D eigenvalue weighted by atomic mass is 35.5. The molecule has 0 aliphatic rings. The molecule has 0 aromatic heterocycles. The van der Waals surface area contributed by atoms with Gasteiger partial charge in [-0.2, -0.15) is 0 Å². The van der Waals surface area contributed by atoms with Crippen LogP contribution in [0.25, 0.3) is 0 Å². The van der Waals surface area contributed by atoms with Gasteiger partial charge in [0.1, 0.15) is 5.82 Å². The summed E-state index contributed by atoms with van der Waals surface area (Å²) >= 11 is 0. The van der Waals surface area contributed by atoms with Gasteiger partial charge < -0.3 is 11.1 Å². The molecule has 0 heterocycles. The Kier molecular flexibility index (Phi) is 8.33. The van der Waals surface area contributed by atoms with Gasteiger partial charge in [-0.3, -0.25) is 4.79 Å². The lowest BCUT2D eigenvalue weighted by atomic mass is 10.00. The SMILES string of the molecule is CC(Cc1ccccc1F)C(=O)NCCCN.Cl. The smallest absolute Gasteiger partial charge is 0.223 e. The summed E-state index contributed by atoms with van der Waals surface area (Å²) < 4.78 is 13.4. The molecule has 0 aliphatic carbocycles. The Balaban J connectivity index is 0.00000289. The van der Waals surface area contributed by atoms with Crippen molar-refractivity contribution in [2.45, 2.75) is 19.8 Å². The summed E-state index contributed by atoms with van der Waals surface area (Å²) in [5.74, 6) is -0.541. The van der Waals surface area contributed by atoms with Crippen LogP contribution in [0.4, 0.5) is 4.39 Å². The monoisotopic (exact) mass is 274 g/mol. The Morgan fingerprint density at radius 3 is 2.72 bits per heavy atom. The highest BCUT2D eigenvalue weighted by Crippen LogP contribution is 2.12. The lowest BCUT2D eigenvalue weighted by molar-refractivity contribution is -0.124. The summed E-state index contributed by atoms with van der Waals surface area (Å²) in [4.78, 5) is 11.7. The second-order valence-electron chi connectivity index (χ2n) is 4.13. The van der Waals surface area contributed by atoms with Crippen molar-refractivity contribution in [1.82, 2.24) is 5.32 Å². The summed E-state index contributed by atoms with van der Waals surface area (Å²) in [7, 11) is 0. The van der Waals surface area contributed by atoms with Crippen molar-refractivity contribution in [2.24, 2.45) is 11.7 Å². The molecule has 1 rings (SSSR count). The van der Waals surface area contributed by atoms with Crippen LogP contribution in [0, 0.1) is 11.7 Å². The van der Waals surface area contributed by atoms with Gasteiger partial charge in [0.25, 0.3) is 0 Å². The third kappa shape index (κ3) is 5.47. The molecule has 0 saturated heterocycles. The zero-order valence-corrected chi connectivity index (χ0v) is 11.3. The van der Waals surface area contributed by atoms with Crippen LogP contribution >= 0.6 is 12.4 Å². The number of carbonyl (C=O) groups is 1. The Labute approximate surface area is 113 Å². The molecule has 0 aliphatic heterocycles. The fourth-order valence-corrected chi connectivity index (χ4v) is 1.57. The molecule has 3 N–H and O–H groups in total. The molecule has 1 atom stereocenters. The molecule has 0 bridgehead atoms. The molecular formula is C13H20ClFN2O. The molecule has 18 heavy (non-hydrogen) atoms. The first-order valence-electron chi connectivity index (χ1n) is 5.86. The zero-order valence-electron chi connectivity index (χ0n) is 10.5. The number of halogens is 2. The fourth-order valence-electron chi connectivity index (χ4n) is 1.57. The molecule has 5 heteroatoms. The van der Waals surface area contributed by atoms with Gasteiger partial charge in [-0.1, -0.05) is 25.1 Å². The van der Waals surface area contributed by atoms with Crippen LogP contribution in [-0.4, -0.2) is 19.0 Å². The van der Waals surface area contributed by atoms with E-state index in [1.54, 1.807) is 25.1 Å². The summed E-state index contributed by atoms with van der Waals surface area (Å²) in [6, 6.07) is 6.54. The summed E-state index contributed by atoms with van der Waals surface area (Å²) in [6.07, 6.45) is 1.18. The minimum Gasteiger partial charge on any atom is -0.356 e. The summed E-state index contributed by atoms with van der Waals surface area (Å²) in [5.41, 5.74) is 5.91. The second kappa shape index (κ2) is 8.89. The third-order valence-corrected chi connectivity index (χ3v) is 2.61. The number of hydrogen-bond donors (Lipinski definition) is 2. The third-order valence-electron chi connectivity index (χ3n) is 2.61. The minimum absolute atomic E-state index is 0. The van der Waals surface area contributed by atoms with E-state index in [1.807, 2.05) is 0 Å². The Bertz CT molecular complexity index is 374. The number of carbonyl (C=O) groups excluding carboxylic acids is 1. The van der Waals surface area contributed by atoms with Crippen molar-refractivity contribution in [3.63, 3.8) is 0 Å². The van der Waals surface area contributed by atoms with Crippen LogP contribution in [0.1, 0.15) is 18.9 Å². The Morgan fingerprint density at radius 2 is 2.11 bits per heavy atom. The largest absolute Gasteiger partial charge is 0.356 e. The van der Waals surface area contributed by atoms with Crippen molar-refractivity contribution >= 4 is 18.3 Å². The first kappa shape index (κ1) is 16.9. The first-order chi connectivity index (χ1) is 8.15.